The van der Waals surface area contributed by atoms with E-state index in [0.29, 0.717) is 0 Å². The number of halogens is 1. The fourth-order valence-corrected chi connectivity index (χ4v) is 1.87. The average molecular weight is 256 g/mol. The van der Waals surface area contributed by atoms with Gasteiger partial charge in [0.15, 0.2) is 0 Å². The molecule has 0 aliphatic heterocycles. The van der Waals surface area contributed by atoms with Crippen LogP contribution in [0.1, 0.15) is 31.9 Å². The molecule has 0 aromatic carbocycles. The van der Waals surface area contributed by atoms with Gasteiger partial charge in [-0.3, -0.25) is 0 Å². The Labute approximate surface area is 109 Å². The van der Waals surface area contributed by atoms with Gasteiger partial charge in [0, 0.05) is 13.6 Å². The van der Waals surface area contributed by atoms with Crippen LogP contribution in [0.4, 0.5) is 5.82 Å². The second-order valence-corrected chi connectivity index (χ2v) is 4.73. The quantitative estimate of drug-likeness (QED) is 0.757. The molecule has 0 spiro atoms. The van der Waals surface area contributed by atoms with Crippen LogP contribution in [0.3, 0.4) is 0 Å². The largest absolute Gasteiger partial charge is 0.373 e. The lowest BCUT2D eigenvalue weighted by Crippen LogP contribution is -2.20. The molecule has 0 fully saturated rings. The van der Waals surface area contributed by atoms with Crippen molar-refractivity contribution in [3.8, 4) is 0 Å². The second-order valence-electron chi connectivity index (χ2n) is 4.32. The summed E-state index contributed by atoms with van der Waals surface area (Å²) in [6.45, 7) is 4.11. The molecule has 3 nitrogen and oxygen atoms in total. The highest BCUT2D eigenvalue weighted by atomic mass is 35.5. The number of anilines is 1. The van der Waals surface area contributed by atoms with Gasteiger partial charge in [-0.15, -0.1) is 0 Å². The summed E-state index contributed by atoms with van der Waals surface area (Å²) in [6.07, 6.45) is 3.76. The predicted molar refractivity (Wildman–Crippen MR) is 74.7 cm³/mol. The van der Waals surface area contributed by atoms with Crippen LogP contribution in [-0.4, -0.2) is 30.5 Å². The van der Waals surface area contributed by atoms with E-state index >= 15 is 0 Å². The number of nitrogens with zero attached hydrogens (tertiary/aromatic N) is 2. The van der Waals surface area contributed by atoms with Gasteiger partial charge in [0.25, 0.3) is 0 Å². The minimum absolute atomic E-state index is 0.742. The zero-order valence-corrected chi connectivity index (χ0v) is 11.7. The van der Waals surface area contributed by atoms with Crippen molar-refractivity contribution in [1.82, 2.24) is 9.88 Å². The third-order valence-corrected chi connectivity index (χ3v) is 3.08. The van der Waals surface area contributed by atoms with Crippen LogP contribution < -0.4 is 5.32 Å². The van der Waals surface area contributed by atoms with Gasteiger partial charge in [0.05, 0.1) is 10.7 Å². The molecule has 4 heteroatoms. The molecule has 1 aromatic heterocycles. The summed E-state index contributed by atoms with van der Waals surface area (Å²) in [5.41, 5.74) is 0.942. The van der Waals surface area contributed by atoms with Crippen LogP contribution in [0, 0.1) is 0 Å². The van der Waals surface area contributed by atoms with E-state index in [-0.39, 0.29) is 0 Å². The maximum atomic E-state index is 6.14. The van der Waals surface area contributed by atoms with E-state index in [0.717, 1.165) is 29.6 Å². The summed E-state index contributed by atoms with van der Waals surface area (Å²) in [4.78, 5) is 6.74. The Kier molecular flexibility index (Phi) is 6.30. The lowest BCUT2D eigenvalue weighted by molar-refractivity contribution is 0.314. The summed E-state index contributed by atoms with van der Waals surface area (Å²) < 4.78 is 0. The van der Waals surface area contributed by atoms with Crippen molar-refractivity contribution in [3.63, 3.8) is 0 Å². The van der Waals surface area contributed by atoms with Gasteiger partial charge < -0.3 is 10.2 Å². The summed E-state index contributed by atoms with van der Waals surface area (Å²) in [5.74, 6) is 0.867. The maximum absolute atomic E-state index is 6.14. The zero-order chi connectivity index (χ0) is 12.7. The second kappa shape index (κ2) is 7.51. The molecule has 1 rings (SSSR count). The average Bonchev–Trinajstić information content (AvgIpc) is 2.32. The maximum Gasteiger partial charge on any atom is 0.126 e. The normalized spacial score (nSPS) is 10.9. The topological polar surface area (TPSA) is 28.2 Å². The van der Waals surface area contributed by atoms with Crippen molar-refractivity contribution in [3.05, 3.63) is 22.8 Å². The van der Waals surface area contributed by atoms with E-state index < -0.39 is 0 Å². The molecule has 0 bridgehead atoms. The lowest BCUT2D eigenvalue weighted by Gasteiger charge is -2.17. The Balaban J connectivity index is 2.54. The molecule has 0 unspecified atom stereocenters. The molecule has 0 radical (unpaired) electrons. The van der Waals surface area contributed by atoms with E-state index in [1.807, 2.05) is 19.2 Å². The molecule has 0 atom stereocenters. The van der Waals surface area contributed by atoms with Gasteiger partial charge >= 0.3 is 0 Å². The zero-order valence-electron chi connectivity index (χ0n) is 11.0. The molecule has 1 heterocycles. The molecule has 0 aliphatic rings. The third kappa shape index (κ3) is 4.92. The molecule has 1 N–H and O–H groups in total. The van der Waals surface area contributed by atoms with E-state index in [2.05, 4.69) is 29.2 Å². The van der Waals surface area contributed by atoms with Crippen molar-refractivity contribution >= 4 is 17.4 Å². The first-order chi connectivity index (χ1) is 8.17. The molecule has 0 saturated heterocycles. The summed E-state index contributed by atoms with van der Waals surface area (Å²) in [7, 11) is 3.98. The molecule has 17 heavy (non-hydrogen) atoms. The smallest absolute Gasteiger partial charge is 0.126 e. The molecule has 0 aliphatic carbocycles. The van der Waals surface area contributed by atoms with Crippen molar-refractivity contribution in [1.29, 1.82) is 0 Å². The van der Waals surface area contributed by atoms with Crippen LogP contribution in [0.15, 0.2) is 12.1 Å². The van der Waals surface area contributed by atoms with E-state index in [1.54, 1.807) is 0 Å². The first-order valence-corrected chi connectivity index (χ1v) is 6.57. The summed E-state index contributed by atoms with van der Waals surface area (Å²) >= 11 is 6.14. The van der Waals surface area contributed by atoms with Gasteiger partial charge in [0.1, 0.15) is 5.82 Å². The Morgan fingerprint density at radius 2 is 2.12 bits per heavy atom. The van der Waals surface area contributed by atoms with Crippen LogP contribution >= 0.6 is 11.6 Å². The SMILES string of the molecule is CCCCCN(C)Cc1nc(NC)ccc1Cl. The molecule has 1 aromatic rings. The van der Waals surface area contributed by atoms with Crippen LogP contribution in [0.25, 0.3) is 0 Å². The first kappa shape index (κ1) is 14.3. The Bertz CT molecular complexity index is 341. The monoisotopic (exact) mass is 255 g/mol. The first-order valence-electron chi connectivity index (χ1n) is 6.19. The van der Waals surface area contributed by atoms with Gasteiger partial charge in [-0.2, -0.15) is 0 Å². The molecular weight excluding hydrogens is 234 g/mol. The minimum atomic E-state index is 0.742. The van der Waals surface area contributed by atoms with E-state index in [9.17, 15) is 0 Å². The number of nitrogens with one attached hydrogen (secondary N) is 1. The van der Waals surface area contributed by atoms with Crippen LogP contribution in [-0.2, 0) is 6.54 Å². The lowest BCUT2D eigenvalue weighted by atomic mass is 10.2. The van der Waals surface area contributed by atoms with Gasteiger partial charge in [-0.25, -0.2) is 4.98 Å². The van der Waals surface area contributed by atoms with Crippen molar-refractivity contribution in [2.45, 2.75) is 32.7 Å². The number of unbranched alkanes of at least 4 members (excludes halogenated alkanes) is 2. The van der Waals surface area contributed by atoms with Gasteiger partial charge in [0.2, 0.25) is 0 Å². The predicted octanol–water partition coefficient (Wildman–Crippen LogP) is 3.40. The number of hydrogen-bond donors (Lipinski definition) is 1. The van der Waals surface area contributed by atoms with Crippen LogP contribution in [0.2, 0.25) is 5.02 Å². The number of aromatic nitrogens is 1. The van der Waals surface area contributed by atoms with Gasteiger partial charge in [-0.05, 0) is 32.1 Å². The minimum Gasteiger partial charge on any atom is -0.373 e. The van der Waals surface area contributed by atoms with E-state index in [1.165, 1.54) is 19.3 Å². The van der Waals surface area contributed by atoms with Gasteiger partial charge in [-0.1, -0.05) is 31.4 Å². The van der Waals surface area contributed by atoms with Crippen molar-refractivity contribution in [2.24, 2.45) is 0 Å². The highest BCUT2D eigenvalue weighted by Gasteiger charge is 2.06. The van der Waals surface area contributed by atoms with Crippen LogP contribution in [0.5, 0.6) is 0 Å². The number of rotatable bonds is 7. The fraction of sp³-hybridized carbons (Fsp3) is 0.615. The van der Waals surface area contributed by atoms with E-state index in [4.69, 9.17) is 11.6 Å². The van der Waals surface area contributed by atoms with Crippen molar-refractivity contribution < 1.29 is 0 Å². The Morgan fingerprint density at radius 3 is 2.76 bits per heavy atom. The number of pyridine rings is 1. The molecule has 0 saturated carbocycles. The number of hydrogen-bond acceptors (Lipinski definition) is 3. The molecule has 96 valence electrons. The fourth-order valence-electron chi connectivity index (χ4n) is 1.70. The summed E-state index contributed by atoms with van der Waals surface area (Å²) in [6, 6.07) is 3.79. The molecule has 0 amide bonds. The third-order valence-electron chi connectivity index (χ3n) is 2.74. The summed E-state index contributed by atoms with van der Waals surface area (Å²) in [5, 5.41) is 3.77. The van der Waals surface area contributed by atoms with Crippen molar-refractivity contribution in [2.75, 3.05) is 26.0 Å². The standard InChI is InChI=1S/C13H22ClN3/c1-4-5-6-9-17(3)10-12-11(14)7-8-13(15-2)16-12/h7-8H,4-6,9-10H2,1-3H3,(H,15,16). The highest BCUT2D eigenvalue weighted by molar-refractivity contribution is 6.31. The Hall–Kier alpha value is -0.800. The highest BCUT2D eigenvalue weighted by Crippen LogP contribution is 2.17. The Morgan fingerprint density at radius 1 is 1.35 bits per heavy atom. The molecular formula is C13H22ClN3.